The van der Waals surface area contributed by atoms with E-state index < -0.39 is 0 Å². The van der Waals surface area contributed by atoms with Crippen LogP contribution in [0.4, 0.5) is 0 Å². The maximum atomic E-state index is 11.6. The van der Waals surface area contributed by atoms with Gasteiger partial charge in [-0.25, -0.2) is 0 Å². The van der Waals surface area contributed by atoms with Crippen LogP contribution in [-0.4, -0.2) is 51.0 Å². The van der Waals surface area contributed by atoms with Crippen molar-refractivity contribution in [1.29, 1.82) is 0 Å². The molecular weight excluding hydrogens is 244 g/mol. The van der Waals surface area contributed by atoms with Crippen LogP contribution in [0.15, 0.2) is 0 Å². The van der Waals surface area contributed by atoms with E-state index in [-0.39, 0.29) is 5.91 Å². The molecule has 2 unspecified atom stereocenters. The van der Waals surface area contributed by atoms with E-state index in [1.165, 1.54) is 6.42 Å². The molecule has 0 saturated carbocycles. The minimum Gasteiger partial charge on any atom is -0.379 e. The van der Waals surface area contributed by atoms with Crippen LogP contribution in [0.3, 0.4) is 0 Å². The maximum Gasteiger partial charge on any atom is 0.221 e. The third-order valence-electron chi connectivity index (χ3n) is 3.71. The van der Waals surface area contributed by atoms with Crippen LogP contribution in [0.25, 0.3) is 0 Å². The van der Waals surface area contributed by atoms with E-state index in [1.54, 1.807) is 0 Å². The lowest BCUT2D eigenvalue weighted by atomic mass is 10.1. The first-order valence-corrected chi connectivity index (χ1v) is 7.54. The molecule has 0 aromatic rings. The minimum atomic E-state index is 0.151. The molecule has 2 atom stereocenters. The lowest BCUT2D eigenvalue weighted by molar-refractivity contribution is -0.121. The Bertz CT molecular complexity index is 261. The van der Waals surface area contributed by atoms with Gasteiger partial charge < -0.3 is 20.1 Å². The molecule has 2 aliphatic heterocycles. The average molecular weight is 270 g/mol. The van der Waals surface area contributed by atoms with Crippen molar-refractivity contribution in [3.63, 3.8) is 0 Å². The Morgan fingerprint density at radius 2 is 2.32 bits per heavy atom. The van der Waals surface area contributed by atoms with E-state index in [0.29, 0.717) is 38.3 Å². The summed E-state index contributed by atoms with van der Waals surface area (Å²) in [6, 6.07) is 0.385. The molecule has 2 saturated heterocycles. The summed E-state index contributed by atoms with van der Waals surface area (Å²) in [5, 5.41) is 6.28. The molecule has 2 fully saturated rings. The second-order valence-corrected chi connectivity index (χ2v) is 5.41. The van der Waals surface area contributed by atoms with Crippen LogP contribution in [0.2, 0.25) is 0 Å². The number of ether oxygens (including phenoxy) is 2. The Balaban J connectivity index is 1.39. The number of rotatable bonds is 8. The van der Waals surface area contributed by atoms with Gasteiger partial charge in [0.15, 0.2) is 0 Å². The highest BCUT2D eigenvalue weighted by Gasteiger charge is 2.17. The Kier molecular flexibility index (Phi) is 6.61. The van der Waals surface area contributed by atoms with Gasteiger partial charge in [-0.2, -0.15) is 0 Å². The summed E-state index contributed by atoms with van der Waals surface area (Å²) in [4.78, 5) is 11.6. The summed E-state index contributed by atoms with van der Waals surface area (Å²) in [6.07, 6.45) is 6.35. The van der Waals surface area contributed by atoms with Gasteiger partial charge in [0.2, 0.25) is 5.91 Å². The molecule has 2 heterocycles. The third kappa shape index (κ3) is 5.89. The second-order valence-electron chi connectivity index (χ2n) is 5.41. The summed E-state index contributed by atoms with van der Waals surface area (Å²) in [5.41, 5.74) is 0. The van der Waals surface area contributed by atoms with Gasteiger partial charge in [-0.15, -0.1) is 0 Å². The zero-order valence-corrected chi connectivity index (χ0v) is 11.7. The first-order valence-electron chi connectivity index (χ1n) is 7.54. The molecule has 0 aromatic carbocycles. The van der Waals surface area contributed by atoms with Crippen molar-refractivity contribution in [1.82, 2.24) is 10.6 Å². The Hall–Kier alpha value is -0.650. The molecule has 2 N–H and O–H groups in total. The number of nitrogens with one attached hydrogen (secondary N) is 2. The third-order valence-corrected chi connectivity index (χ3v) is 3.71. The van der Waals surface area contributed by atoms with E-state index in [1.807, 2.05) is 0 Å². The van der Waals surface area contributed by atoms with E-state index >= 15 is 0 Å². The number of hydrogen-bond donors (Lipinski definition) is 2. The van der Waals surface area contributed by atoms with Crippen LogP contribution in [0.1, 0.15) is 38.5 Å². The lowest BCUT2D eigenvalue weighted by Gasteiger charge is -2.11. The van der Waals surface area contributed by atoms with Crippen molar-refractivity contribution in [2.45, 2.75) is 50.7 Å². The summed E-state index contributed by atoms with van der Waals surface area (Å²) in [5.74, 6) is 0.151. The first-order chi connectivity index (χ1) is 9.34. The van der Waals surface area contributed by atoms with Gasteiger partial charge in [-0.1, -0.05) is 0 Å². The fourth-order valence-corrected chi connectivity index (χ4v) is 2.62. The molecule has 5 heteroatoms. The second kappa shape index (κ2) is 8.51. The average Bonchev–Trinajstić information content (AvgIpc) is 3.06. The fraction of sp³-hybridized carbons (Fsp3) is 0.929. The Morgan fingerprint density at radius 1 is 1.37 bits per heavy atom. The summed E-state index contributed by atoms with van der Waals surface area (Å²) in [6.45, 7) is 4.02. The molecule has 0 bridgehead atoms. The lowest BCUT2D eigenvalue weighted by Crippen LogP contribution is -2.32. The van der Waals surface area contributed by atoms with E-state index in [9.17, 15) is 4.79 Å². The molecule has 1 amide bonds. The Morgan fingerprint density at radius 3 is 3.05 bits per heavy atom. The van der Waals surface area contributed by atoms with Crippen molar-refractivity contribution >= 4 is 5.91 Å². The summed E-state index contributed by atoms with van der Waals surface area (Å²) >= 11 is 0. The van der Waals surface area contributed by atoms with E-state index in [4.69, 9.17) is 9.47 Å². The number of carbonyl (C=O) groups excluding carboxylic acids is 1. The normalized spacial score (nSPS) is 26.7. The maximum absolute atomic E-state index is 11.6. The predicted octanol–water partition coefficient (Wildman–Crippen LogP) is 0.830. The minimum absolute atomic E-state index is 0.151. The zero-order valence-electron chi connectivity index (χ0n) is 11.7. The van der Waals surface area contributed by atoms with Crippen molar-refractivity contribution in [2.75, 3.05) is 32.9 Å². The number of amides is 1. The molecule has 5 nitrogen and oxygen atoms in total. The zero-order chi connectivity index (χ0) is 13.3. The topological polar surface area (TPSA) is 59.6 Å². The highest BCUT2D eigenvalue weighted by molar-refractivity contribution is 5.76. The molecular formula is C14H26N2O3. The summed E-state index contributed by atoms with van der Waals surface area (Å²) < 4.78 is 11.0. The predicted molar refractivity (Wildman–Crippen MR) is 73.1 cm³/mol. The van der Waals surface area contributed by atoms with Crippen LogP contribution < -0.4 is 10.6 Å². The molecule has 0 spiro atoms. The van der Waals surface area contributed by atoms with Gasteiger partial charge in [0, 0.05) is 32.2 Å². The fourth-order valence-electron chi connectivity index (χ4n) is 2.62. The number of hydrogen-bond acceptors (Lipinski definition) is 4. The van der Waals surface area contributed by atoms with Gasteiger partial charge in [0.25, 0.3) is 0 Å². The molecule has 2 rings (SSSR count). The van der Waals surface area contributed by atoms with Crippen molar-refractivity contribution in [3.05, 3.63) is 0 Å². The SMILES string of the molecule is O=C(CC1CCCN1)NCCCOCC1CCCO1. The number of carbonyl (C=O) groups is 1. The standard InChI is InChI=1S/C14H26N2O3/c17-14(10-12-4-1-6-15-12)16-7-3-8-18-11-13-5-2-9-19-13/h12-13,15H,1-11H2,(H,16,17). The molecule has 110 valence electrons. The molecule has 2 aliphatic rings. The molecule has 0 aliphatic carbocycles. The smallest absolute Gasteiger partial charge is 0.221 e. The van der Waals surface area contributed by atoms with Crippen LogP contribution in [0.5, 0.6) is 0 Å². The van der Waals surface area contributed by atoms with Gasteiger partial charge in [-0.3, -0.25) is 4.79 Å². The quantitative estimate of drug-likeness (QED) is 0.641. The first kappa shape index (κ1) is 14.8. The van der Waals surface area contributed by atoms with Gasteiger partial charge >= 0.3 is 0 Å². The van der Waals surface area contributed by atoms with Crippen LogP contribution in [0, 0.1) is 0 Å². The van der Waals surface area contributed by atoms with Crippen molar-refractivity contribution < 1.29 is 14.3 Å². The monoisotopic (exact) mass is 270 g/mol. The van der Waals surface area contributed by atoms with Gasteiger partial charge in [0.1, 0.15) is 0 Å². The molecule has 0 aromatic heterocycles. The van der Waals surface area contributed by atoms with Crippen molar-refractivity contribution in [3.8, 4) is 0 Å². The van der Waals surface area contributed by atoms with Gasteiger partial charge in [0.05, 0.1) is 12.7 Å². The summed E-state index contributed by atoms with van der Waals surface area (Å²) in [7, 11) is 0. The Labute approximate surface area is 115 Å². The molecule has 0 radical (unpaired) electrons. The highest BCUT2D eigenvalue weighted by Crippen LogP contribution is 2.11. The van der Waals surface area contributed by atoms with E-state index in [2.05, 4.69) is 10.6 Å². The van der Waals surface area contributed by atoms with Gasteiger partial charge in [-0.05, 0) is 38.6 Å². The van der Waals surface area contributed by atoms with E-state index in [0.717, 1.165) is 38.8 Å². The molecule has 19 heavy (non-hydrogen) atoms. The van der Waals surface area contributed by atoms with Crippen molar-refractivity contribution in [2.24, 2.45) is 0 Å². The van der Waals surface area contributed by atoms with Crippen LogP contribution in [-0.2, 0) is 14.3 Å². The van der Waals surface area contributed by atoms with Crippen LogP contribution >= 0.6 is 0 Å². The largest absolute Gasteiger partial charge is 0.379 e. The highest BCUT2D eigenvalue weighted by atomic mass is 16.5.